The molecule has 0 aliphatic heterocycles. The van der Waals surface area contributed by atoms with E-state index in [0.717, 1.165) is 12.8 Å². The van der Waals surface area contributed by atoms with E-state index >= 15 is 0 Å². The number of aliphatic hydroxyl groups excluding tert-OH is 1. The quantitative estimate of drug-likeness (QED) is 0.783. The lowest BCUT2D eigenvalue weighted by Gasteiger charge is -2.19. The monoisotopic (exact) mass is 293 g/mol. The summed E-state index contributed by atoms with van der Waals surface area (Å²) in [6.45, 7) is 2.02. The van der Waals surface area contributed by atoms with Gasteiger partial charge in [-0.25, -0.2) is 0 Å². The minimum Gasteiger partial charge on any atom is -0.391 e. The fourth-order valence-corrected chi connectivity index (χ4v) is 2.25. The molecule has 0 bridgehead atoms. The van der Waals surface area contributed by atoms with Gasteiger partial charge in [0.05, 0.1) is 12.1 Å². The first-order valence-electron chi connectivity index (χ1n) is 6.13. The molecule has 0 fully saturated rings. The van der Waals surface area contributed by atoms with Crippen molar-refractivity contribution in [3.63, 3.8) is 0 Å². The number of benzene rings is 1. The number of hydrogen-bond acceptors (Lipinski definition) is 3. The lowest BCUT2D eigenvalue weighted by Crippen LogP contribution is -2.26. The second-order valence-electron chi connectivity index (χ2n) is 4.35. The Morgan fingerprint density at radius 1 is 1.26 bits per heavy atom. The molecule has 19 heavy (non-hydrogen) atoms. The highest BCUT2D eigenvalue weighted by molar-refractivity contribution is 8.00. The van der Waals surface area contributed by atoms with Gasteiger partial charge in [-0.1, -0.05) is 31.9 Å². The van der Waals surface area contributed by atoms with Crippen LogP contribution in [0.5, 0.6) is 0 Å². The standard InChI is InChI=1S/C13H18F3NOS/c1-2-3-4-11(18)12(17)9-5-7-10(8-6-9)19-13(14,15)16/h5-8,11-12,18H,2-4,17H2,1H3/t11-,12+/m0/s1. The summed E-state index contributed by atoms with van der Waals surface area (Å²) in [6, 6.07) is 5.26. The van der Waals surface area contributed by atoms with Crippen LogP contribution in [0.2, 0.25) is 0 Å². The molecule has 0 spiro atoms. The van der Waals surface area contributed by atoms with Crippen molar-refractivity contribution >= 4 is 11.8 Å². The van der Waals surface area contributed by atoms with Gasteiger partial charge < -0.3 is 10.8 Å². The Hall–Kier alpha value is -0.720. The van der Waals surface area contributed by atoms with Gasteiger partial charge in [0.25, 0.3) is 0 Å². The van der Waals surface area contributed by atoms with Crippen LogP contribution in [-0.2, 0) is 0 Å². The maximum Gasteiger partial charge on any atom is 0.446 e. The highest BCUT2D eigenvalue weighted by Gasteiger charge is 2.29. The molecule has 0 aliphatic rings. The van der Waals surface area contributed by atoms with E-state index in [9.17, 15) is 18.3 Å². The number of aliphatic hydroxyl groups is 1. The smallest absolute Gasteiger partial charge is 0.391 e. The summed E-state index contributed by atoms with van der Waals surface area (Å²) in [5, 5.41) is 9.85. The van der Waals surface area contributed by atoms with E-state index in [1.165, 1.54) is 24.3 Å². The number of thioether (sulfide) groups is 1. The van der Waals surface area contributed by atoms with Crippen LogP contribution in [0.3, 0.4) is 0 Å². The molecule has 0 radical (unpaired) electrons. The molecule has 1 aromatic rings. The Morgan fingerprint density at radius 2 is 1.84 bits per heavy atom. The van der Waals surface area contributed by atoms with E-state index < -0.39 is 17.7 Å². The molecule has 0 aromatic heterocycles. The van der Waals surface area contributed by atoms with Gasteiger partial charge in [0.2, 0.25) is 0 Å². The van der Waals surface area contributed by atoms with Crippen LogP contribution >= 0.6 is 11.8 Å². The Morgan fingerprint density at radius 3 is 2.32 bits per heavy atom. The molecule has 0 amide bonds. The SMILES string of the molecule is CCCC[C@H](O)[C@H](N)c1ccc(SC(F)(F)F)cc1. The summed E-state index contributed by atoms with van der Waals surface area (Å²) >= 11 is -0.160. The zero-order valence-corrected chi connectivity index (χ0v) is 11.5. The van der Waals surface area contributed by atoms with E-state index in [1.54, 1.807) is 0 Å². The number of rotatable bonds is 6. The van der Waals surface area contributed by atoms with E-state index in [-0.39, 0.29) is 16.7 Å². The van der Waals surface area contributed by atoms with Crippen LogP contribution in [-0.4, -0.2) is 16.7 Å². The van der Waals surface area contributed by atoms with Gasteiger partial charge in [0.15, 0.2) is 0 Å². The molecule has 108 valence electrons. The Balaban J connectivity index is 2.65. The number of halogens is 3. The molecule has 0 saturated carbocycles. The summed E-state index contributed by atoms with van der Waals surface area (Å²) in [4.78, 5) is 0.117. The van der Waals surface area contributed by atoms with E-state index in [1.807, 2.05) is 6.92 Å². The summed E-state index contributed by atoms with van der Waals surface area (Å²) in [5.74, 6) is 0. The molecule has 0 aliphatic carbocycles. The van der Waals surface area contributed by atoms with E-state index in [2.05, 4.69) is 0 Å². The summed E-state index contributed by atoms with van der Waals surface area (Å²) in [6.07, 6.45) is 1.76. The fraction of sp³-hybridized carbons (Fsp3) is 0.538. The Labute approximate surface area is 115 Å². The van der Waals surface area contributed by atoms with Gasteiger partial charge >= 0.3 is 5.51 Å². The third-order valence-corrected chi connectivity index (χ3v) is 3.51. The Kier molecular flexibility index (Phi) is 6.16. The van der Waals surface area contributed by atoms with E-state index in [4.69, 9.17) is 5.73 Å². The highest BCUT2D eigenvalue weighted by Crippen LogP contribution is 2.37. The van der Waals surface area contributed by atoms with Crippen molar-refractivity contribution in [2.45, 2.75) is 48.7 Å². The maximum atomic E-state index is 12.2. The van der Waals surface area contributed by atoms with Gasteiger partial charge in [0.1, 0.15) is 0 Å². The third kappa shape index (κ3) is 5.84. The largest absolute Gasteiger partial charge is 0.446 e. The maximum absolute atomic E-state index is 12.2. The minimum atomic E-state index is -4.29. The Bertz CT molecular complexity index is 380. The molecule has 0 saturated heterocycles. The van der Waals surface area contributed by atoms with Crippen molar-refractivity contribution < 1.29 is 18.3 Å². The third-order valence-electron chi connectivity index (χ3n) is 2.77. The van der Waals surface area contributed by atoms with Gasteiger partial charge in [-0.2, -0.15) is 13.2 Å². The number of nitrogens with two attached hydrogens (primary N) is 1. The predicted molar refractivity (Wildman–Crippen MR) is 70.8 cm³/mol. The van der Waals surface area contributed by atoms with Crippen LogP contribution in [0.1, 0.15) is 37.8 Å². The van der Waals surface area contributed by atoms with Crippen LogP contribution in [0.15, 0.2) is 29.2 Å². The van der Waals surface area contributed by atoms with Crippen molar-refractivity contribution in [2.75, 3.05) is 0 Å². The number of alkyl halides is 3. The normalized spacial score (nSPS) is 15.3. The molecule has 0 unspecified atom stereocenters. The van der Waals surface area contributed by atoms with Crippen molar-refractivity contribution in [3.8, 4) is 0 Å². The van der Waals surface area contributed by atoms with Gasteiger partial charge in [0, 0.05) is 4.90 Å². The van der Waals surface area contributed by atoms with Crippen LogP contribution in [0, 0.1) is 0 Å². The van der Waals surface area contributed by atoms with Crippen LogP contribution in [0.4, 0.5) is 13.2 Å². The molecular formula is C13H18F3NOS. The average molecular weight is 293 g/mol. The first-order chi connectivity index (χ1) is 8.83. The minimum absolute atomic E-state index is 0.117. The predicted octanol–water partition coefficient (Wildman–Crippen LogP) is 3.85. The molecule has 3 N–H and O–H groups in total. The average Bonchev–Trinajstić information content (AvgIpc) is 2.34. The topological polar surface area (TPSA) is 46.2 Å². The lowest BCUT2D eigenvalue weighted by molar-refractivity contribution is -0.0328. The zero-order chi connectivity index (χ0) is 14.5. The summed E-state index contributed by atoms with van der Waals surface area (Å²) < 4.78 is 36.5. The zero-order valence-electron chi connectivity index (χ0n) is 10.7. The molecule has 1 rings (SSSR count). The lowest BCUT2D eigenvalue weighted by atomic mass is 9.98. The molecule has 1 aromatic carbocycles. The van der Waals surface area contributed by atoms with Crippen molar-refractivity contribution in [3.05, 3.63) is 29.8 Å². The second kappa shape index (κ2) is 7.17. The first-order valence-corrected chi connectivity index (χ1v) is 6.94. The van der Waals surface area contributed by atoms with E-state index in [0.29, 0.717) is 12.0 Å². The number of hydrogen-bond donors (Lipinski definition) is 2. The van der Waals surface area contributed by atoms with Crippen molar-refractivity contribution in [1.82, 2.24) is 0 Å². The highest BCUT2D eigenvalue weighted by atomic mass is 32.2. The second-order valence-corrected chi connectivity index (χ2v) is 5.49. The molecule has 0 heterocycles. The molecule has 2 atom stereocenters. The molecular weight excluding hydrogens is 275 g/mol. The summed E-state index contributed by atoms with van der Waals surface area (Å²) in [5.41, 5.74) is 2.24. The molecule has 6 heteroatoms. The molecule has 2 nitrogen and oxygen atoms in total. The van der Waals surface area contributed by atoms with Crippen LogP contribution < -0.4 is 5.73 Å². The van der Waals surface area contributed by atoms with Crippen molar-refractivity contribution in [2.24, 2.45) is 5.73 Å². The fourth-order valence-electron chi connectivity index (χ4n) is 1.71. The van der Waals surface area contributed by atoms with Crippen LogP contribution in [0.25, 0.3) is 0 Å². The van der Waals surface area contributed by atoms with Gasteiger partial charge in [-0.3, -0.25) is 0 Å². The van der Waals surface area contributed by atoms with Crippen molar-refractivity contribution in [1.29, 1.82) is 0 Å². The van der Waals surface area contributed by atoms with Gasteiger partial charge in [-0.15, -0.1) is 0 Å². The first kappa shape index (κ1) is 16.3. The number of unbranched alkanes of at least 4 members (excludes halogenated alkanes) is 1. The van der Waals surface area contributed by atoms with Gasteiger partial charge in [-0.05, 0) is 35.9 Å². The summed E-state index contributed by atoms with van der Waals surface area (Å²) in [7, 11) is 0.